The van der Waals surface area contributed by atoms with Crippen LogP contribution in [0.25, 0.3) is 0 Å². The van der Waals surface area contributed by atoms with Crippen LogP contribution >= 0.6 is 15.9 Å². The van der Waals surface area contributed by atoms with Crippen molar-refractivity contribution in [2.24, 2.45) is 0 Å². The Hall–Kier alpha value is -1.68. The number of halogens is 2. The molecule has 2 nitrogen and oxygen atoms in total. The molecule has 98 valence electrons. The highest BCUT2D eigenvalue weighted by atomic mass is 79.9. The van der Waals surface area contributed by atoms with E-state index in [1.165, 1.54) is 12.1 Å². The second-order valence-electron chi connectivity index (χ2n) is 4.41. The SMILES string of the molecule is Cc1ccc(C(=O)Cc2cc(F)ccc2Br)cc1N. The molecule has 0 unspecified atom stereocenters. The van der Waals surface area contributed by atoms with Gasteiger partial charge in [0.25, 0.3) is 0 Å². The summed E-state index contributed by atoms with van der Waals surface area (Å²) in [6.45, 7) is 1.88. The lowest BCUT2D eigenvalue weighted by Gasteiger charge is -2.06. The Morgan fingerprint density at radius 2 is 2.00 bits per heavy atom. The Bertz CT molecular complexity index is 640. The lowest BCUT2D eigenvalue weighted by molar-refractivity contribution is 0.0993. The second kappa shape index (κ2) is 5.53. The van der Waals surface area contributed by atoms with E-state index in [-0.39, 0.29) is 18.0 Å². The Morgan fingerprint density at radius 1 is 1.26 bits per heavy atom. The third-order valence-electron chi connectivity index (χ3n) is 2.96. The van der Waals surface area contributed by atoms with Crippen molar-refractivity contribution in [3.8, 4) is 0 Å². The van der Waals surface area contributed by atoms with Gasteiger partial charge in [-0.2, -0.15) is 0 Å². The predicted molar refractivity (Wildman–Crippen MR) is 77.7 cm³/mol. The molecular weight excluding hydrogens is 309 g/mol. The summed E-state index contributed by atoms with van der Waals surface area (Å²) in [5.41, 5.74) is 8.48. The van der Waals surface area contributed by atoms with Crippen LogP contribution in [-0.2, 0) is 6.42 Å². The molecular formula is C15H13BrFNO. The molecule has 2 aromatic rings. The lowest BCUT2D eigenvalue weighted by Crippen LogP contribution is -2.05. The largest absolute Gasteiger partial charge is 0.398 e. The highest BCUT2D eigenvalue weighted by molar-refractivity contribution is 9.10. The highest BCUT2D eigenvalue weighted by Crippen LogP contribution is 2.21. The number of anilines is 1. The molecule has 2 aromatic carbocycles. The van der Waals surface area contributed by atoms with Gasteiger partial charge in [-0.3, -0.25) is 4.79 Å². The molecule has 0 aromatic heterocycles. The predicted octanol–water partition coefficient (Wildman–Crippen LogP) is 3.90. The van der Waals surface area contributed by atoms with E-state index in [4.69, 9.17) is 5.73 Å². The van der Waals surface area contributed by atoms with Gasteiger partial charge in [0.2, 0.25) is 0 Å². The number of benzene rings is 2. The van der Waals surface area contributed by atoms with Gasteiger partial charge in [-0.1, -0.05) is 28.1 Å². The average molecular weight is 322 g/mol. The van der Waals surface area contributed by atoms with Gasteiger partial charge < -0.3 is 5.73 Å². The number of carbonyl (C=O) groups is 1. The molecule has 2 rings (SSSR count). The zero-order valence-electron chi connectivity index (χ0n) is 10.4. The number of rotatable bonds is 3. The minimum Gasteiger partial charge on any atom is -0.398 e. The molecule has 0 saturated carbocycles. The van der Waals surface area contributed by atoms with E-state index in [9.17, 15) is 9.18 Å². The van der Waals surface area contributed by atoms with Crippen LogP contribution in [0.2, 0.25) is 0 Å². The Balaban J connectivity index is 2.25. The summed E-state index contributed by atoms with van der Waals surface area (Å²) >= 11 is 3.31. The Kier molecular flexibility index (Phi) is 4.00. The van der Waals surface area contributed by atoms with E-state index in [1.54, 1.807) is 18.2 Å². The van der Waals surface area contributed by atoms with Crippen LogP contribution in [-0.4, -0.2) is 5.78 Å². The summed E-state index contributed by atoms with van der Waals surface area (Å²) in [4.78, 5) is 12.1. The zero-order valence-corrected chi connectivity index (χ0v) is 12.0. The van der Waals surface area contributed by atoms with Gasteiger partial charge in [0.05, 0.1) is 0 Å². The number of nitrogens with two attached hydrogens (primary N) is 1. The third-order valence-corrected chi connectivity index (χ3v) is 3.73. The lowest BCUT2D eigenvalue weighted by atomic mass is 10.0. The van der Waals surface area contributed by atoms with E-state index in [2.05, 4.69) is 15.9 Å². The van der Waals surface area contributed by atoms with Crippen molar-refractivity contribution in [2.45, 2.75) is 13.3 Å². The van der Waals surface area contributed by atoms with E-state index < -0.39 is 0 Å². The van der Waals surface area contributed by atoms with Gasteiger partial charge in [-0.25, -0.2) is 4.39 Å². The van der Waals surface area contributed by atoms with Crippen molar-refractivity contribution >= 4 is 27.4 Å². The van der Waals surface area contributed by atoms with Gasteiger partial charge >= 0.3 is 0 Å². The van der Waals surface area contributed by atoms with Crippen LogP contribution in [0.4, 0.5) is 10.1 Å². The molecule has 0 saturated heterocycles. The highest BCUT2D eigenvalue weighted by Gasteiger charge is 2.11. The number of nitrogen functional groups attached to an aromatic ring is 1. The number of carbonyl (C=O) groups excluding carboxylic acids is 1. The normalized spacial score (nSPS) is 10.5. The van der Waals surface area contributed by atoms with Gasteiger partial charge in [-0.15, -0.1) is 0 Å². The summed E-state index contributed by atoms with van der Waals surface area (Å²) < 4.78 is 13.9. The number of Topliss-reactive ketones (excluding diaryl/α,β-unsaturated/α-hetero) is 1. The number of hydrogen-bond acceptors (Lipinski definition) is 2. The van der Waals surface area contributed by atoms with Crippen molar-refractivity contribution < 1.29 is 9.18 Å². The molecule has 0 spiro atoms. The smallest absolute Gasteiger partial charge is 0.167 e. The fourth-order valence-electron chi connectivity index (χ4n) is 1.77. The van der Waals surface area contributed by atoms with E-state index in [1.807, 2.05) is 13.0 Å². The average Bonchev–Trinajstić information content (AvgIpc) is 2.37. The monoisotopic (exact) mass is 321 g/mol. The van der Waals surface area contributed by atoms with Crippen molar-refractivity contribution in [3.05, 3.63) is 63.4 Å². The summed E-state index contributed by atoms with van der Waals surface area (Å²) in [5, 5.41) is 0. The first-order valence-electron chi connectivity index (χ1n) is 5.80. The third kappa shape index (κ3) is 3.20. The van der Waals surface area contributed by atoms with Crippen LogP contribution in [0.1, 0.15) is 21.5 Å². The standard InChI is InChI=1S/C15H13BrFNO/c1-9-2-3-10(7-14(9)18)15(19)8-11-6-12(17)4-5-13(11)16/h2-7H,8,18H2,1H3. The summed E-state index contributed by atoms with van der Waals surface area (Å²) in [6.07, 6.45) is 0.140. The summed E-state index contributed by atoms with van der Waals surface area (Å²) in [6, 6.07) is 9.51. The Morgan fingerprint density at radius 3 is 2.68 bits per heavy atom. The molecule has 0 fully saturated rings. The number of aryl methyl sites for hydroxylation is 1. The topological polar surface area (TPSA) is 43.1 Å². The molecule has 4 heteroatoms. The number of ketones is 1. The van der Waals surface area contributed by atoms with Gasteiger partial charge in [-0.05, 0) is 42.3 Å². The minimum absolute atomic E-state index is 0.0852. The Labute approximate surface area is 119 Å². The molecule has 0 aliphatic carbocycles. The second-order valence-corrected chi connectivity index (χ2v) is 5.26. The molecule has 0 amide bonds. The minimum atomic E-state index is -0.352. The van der Waals surface area contributed by atoms with E-state index >= 15 is 0 Å². The van der Waals surface area contributed by atoms with Gasteiger partial charge in [0, 0.05) is 22.1 Å². The molecule has 0 aliphatic rings. The molecule has 0 aliphatic heterocycles. The van der Waals surface area contributed by atoms with Gasteiger partial charge in [0.15, 0.2) is 5.78 Å². The maximum Gasteiger partial charge on any atom is 0.167 e. The summed E-state index contributed by atoms with van der Waals surface area (Å²) in [7, 11) is 0. The zero-order chi connectivity index (χ0) is 14.0. The van der Waals surface area contributed by atoms with Crippen LogP contribution in [0, 0.1) is 12.7 Å². The first kappa shape index (κ1) is 13.7. The maximum absolute atomic E-state index is 13.2. The molecule has 0 atom stereocenters. The van der Waals surface area contributed by atoms with Crippen LogP contribution in [0.5, 0.6) is 0 Å². The van der Waals surface area contributed by atoms with Crippen molar-refractivity contribution in [1.29, 1.82) is 0 Å². The number of hydrogen-bond donors (Lipinski definition) is 1. The van der Waals surface area contributed by atoms with E-state index in [0.717, 1.165) is 10.0 Å². The molecule has 0 radical (unpaired) electrons. The molecule has 19 heavy (non-hydrogen) atoms. The summed E-state index contributed by atoms with van der Waals surface area (Å²) in [5.74, 6) is -0.438. The first-order chi connectivity index (χ1) is 8.97. The van der Waals surface area contributed by atoms with Crippen molar-refractivity contribution in [3.63, 3.8) is 0 Å². The molecule has 0 heterocycles. The fourth-order valence-corrected chi connectivity index (χ4v) is 2.15. The van der Waals surface area contributed by atoms with Crippen LogP contribution in [0.15, 0.2) is 40.9 Å². The van der Waals surface area contributed by atoms with Crippen molar-refractivity contribution in [1.82, 2.24) is 0 Å². The van der Waals surface area contributed by atoms with Crippen LogP contribution in [0.3, 0.4) is 0 Å². The molecule has 2 N–H and O–H groups in total. The van der Waals surface area contributed by atoms with E-state index in [0.29, 0.717) is 16.8 Å². The van der Waals surface area contributed by atoms with Crippen LogP contribution < -0.4 is 5.73 Å². The van der Waals surface area contributed by atoms with Gasteiger partial charge in [0.1, 0.15) is 5.82 Å². The fraction of sp³-hybridized carbons (Fsp3) is 0.133. The quantitative estimate of drug-likeness (QED) is 0.688. The van der Waals surface area contributed by atoms with Crippen molar-refractivity contribution in [2.75, 3.05) is 5.73 Å². The maximum atomic E-state index is 13.2. The first-order valence-corrected chi connectivity index (χ1v) is 6.60. The molecule has 0 bridgehead atoms.